The maximum atomic E-state index is 13.1. The Kier molecular flexibility index (Phi) is 7.01. The molecule has 0 saturated heterocycles. The molecule has 0 aliphatic carbocycles. The number of carbonyl (C=O) groups excluding carboxylic acids is 2. The molecule has 2 rings (SSSR count). The normalized spacial score (nSPS) is 11.7. The highest BCUT2D eigenvalue weighted by molar-refractivity contribution is 5.94. The van der Waals surface area contributed by atoms with E-state index in [2.05, 4.69) is 22.8 Å². The van der Waals surface area contributed by atoms with Gasteiger partial charge in [0.1, 0.15) is 6.54 Å². The molecule has 0 saturated carbocycles. The van der Waals surface area contributed by atoms with Crippen molar-refractivity contribution in [1.82, 2.24) is 5.32 Å². The maximum absolute atomic E-state index is 13.1. The first-order chi connectivity index (χ1) is 12.7. The van der Waals surface area contributed by atoms with Gasteiger partial charge >= 0.3 is 0 Å². The summed E-state index contributed by atoms with van der Waals surface area (Å²) in [7, 11) is 1.90. The summed E-state index contributed by atoms with van der Waals surface area (Å²) < 4.78 is 26.0. The lowest BCUT2D eigenvalue weighted by Crippen LogP contribution is -3.09. The summed E-state index contributed by atoms with van der Waals surface area (Å²) in [5.41, 5.74) is 3.67. The number of hydrogen-bond acceptors (Lipinski definition) is 2. The molecule has 0 heterocycles. The summed E-state index contributed by atoms with van der Waals surface area (Å²) in [6.45, 7) is 4.74. The summed E-state index contributed by atoms with van der Waals surface area (Å²) in [5.74, 6) is -2.82. The Morgan fingerprint density at radius 3 is 2.41 bits per heavy atom. The lowest BCUT2D eigenvalue weighted by molar-refractivity contribution is -0.885. The lowest BCUT2D eigenvalue weighted by Gasteiger charge is -2.15. The average molecular weight is 376 g/mol. The third kappa shape index (κ3) is 6.45. The van der Waals surface area contributed by atoms with Crippen LogP contribution in [0.2, 0.25) is 0 Å². The summed E-state index contributed by atoms with van der Waals surface area (Å²) in [6.07, 6.45) is 0. The van der Waals surface area contributed by atoms with E-state index in [4.69, 9.17) is 0 Å². The first kappa shape index (κ1) is 20.5. The van der Waals surface area contributed by atoms with E-state index < -0.39 is 17.5 Å². The number of aryl methyl sites for hydroxylation is 2. The van der Waals surface area contributed by atoms with Gasteiger partial charge in [0.2, 0.25) is 5.91 Å². The van der Waals surface area contributed by atoms with Crippen LogP contribution in [0.3, 0.4) is 0 Å². The van der Waals surface area contributed by atoms with Gasteiger partial charge in [0, 0.05) is 17.3 Å². The largest absolute Gasteiger partial charge is 0.342 e. The zero-order valence-electron chi connectivity index (χ0n) is 15.7. The number of amides is 2. The molecule has 0 aliphatic rings. The molecule has 0 aromatic heterocycles. The molecule has 3 N–H and O–H groups in total. The number of halogens is 2. The SMILES string of the molecule is Cc1ccc(C[NH+](C)CC(=O)NCC(=O)Nc2ccc(F)c(F)c2)c(C)c1. The van der Waals surface area contributed by atoms with Gasteiger partial charge in [0.15, 0.2) is 18.2 Å². The van der Waals surface area contributed by atoms with Gasteiger partial charge in [0.25, 0.3) is 5.91 Å². The molecule has 144 valence electrons. The molecule has 0 spiro atoms. The van der Waals surface area contributed by atoms with E-state index in [0.29, 0.717) is 6.54 Å². The van der Waals surface area contributed by atoms with E-state index >= 15 is 0 Å². The standard InChI is InChI=1S/C20H23F2N3O2/c1-13-4-5-15(14(2)8-13)11-25(3)12-20(27)23-10-19(26)24-16-6-7-17(21)18(22)9-16/h4-9H,10-12H2,1-3H3,(H,23,27)(H,24,26)/p+1. The first-order valence-electron chi connectivity index (χ1n) is 8.63. The monoisotopic (exact) mass is 376 g/mol. The van der Waals surface area contributed by atoms with Crippen LogP contribution < -0.4 is 15.5 Å². The molecule has 0 radical (unpaired) electrons. The Morgan fingerprint density at radius 2 is 1.74 bits per heavy atom. The molecule has 5 nitrogen and oxygen atoms in total. The summed E-state index contributed by atoms with van der Waals surface area (Å²) in [6, 6.07) is 9.26. The van der Waals surface area contributed by atoms with Gasteiger partial charge in [-0.05, 0) is 31.5 Å². The van der Waals surface area contributed by atoms with E-state index in [9.17, 15) is 18.4 Å². The van der Waals surface area contributed by atoms with Crippen LogP contribution in [0.15, 0.2) is 36.4 Å². The van der Waals surface area contributed by atoms with E-state index in [0.717, 1.165) is 17.0 Å². The van der Waals surface area contributed by atoms with Crippen molar-refractivity contribution >= 4 is 17.5 Å². The average Bonchev–Trinajstić information content (AvgIpc) is 2.59. The fourth-order valence-electron chi connectivity index (χ4n) is 2.73. The molecule has 1 unspecified atom stereocenters. The molecule has 0 fully saturated rings. The molecule has 2 aromatic rings. The van der Waals surface area contributed by atoms with Gasteiger partial charge in [-0.15, -0.1) is 0 Å². The molecule has 2 amide bonds. The van der Waals surface area contributed by atoms with Crippen molar-refractivity contribution in [2.45, 2.75) is 20.4 Å². The quantitative estimate of drug-likeness (QED) is 0.683. The van der Waals surface area contributed by atoms with Crippen molar-refractivity contribution in [3.8, 4) is 0 Å². The number of carbonyl (C=O) groups is 2. The number of rotatable bonds is 7. The van der Waals surface area contributed by atoms with Gasteiger partial charge in [-0.25, -0.2) is 8.78 Å². The summed E-state index contributed by atoms with van der Waals surface area (Å²) >= 11 is 0. The van der Waals surface area contributed by atoms with Crippen molar-refractivity contribution in [1.29, 1.82) is 0 Å². The van der Waals surface area contributed by atoms with Crippen LogP contribution >= 0.6 is 0 Å². The minimum Gasteiger partial charge on any atom is -0.342 e. The molecule has 0 aliphatic heterocycles. The van der Waals surface area contributed by atoms with Crippen LogP contribution in [-0.2, 0) is 16.1 Å². The first-order valence-corrected chi connectivity index (χ1v) is 8.63. The Hall–Kier alpha value is -2.80. The molecule has 1 atom stereocenters. The Morgan fingerprint density at radius 1 is 1.00 bits per heavy atom. The molecular formula is C20H24F2N3O2+. The fourth-order valence-corrected chi connectivity index (χ4v) is 2.73. The third-order valence-electron chi connectivity index (χ3n) is 4.10. The third-order valence-corrected chi connectivity index (χ3v) is 4.10. The lowest BCUT2D eigenvalue weighted by atomic mass is 10.1. The summed E-state index contributed by atoms with van der Waals surface area (Å²) in [4.78, 5) is 24.8. The van der Waals surface area contributed by atoms with Crippen LogP contribution in [0.25, 0.3) is 0 Å². The number of likely N-dealkylation sites (N-methyl/N-ethyl adjacent to an activating group) is 1. The molecular weight excluding hydrogens is 352 g/mol. The van der Waals surface area contributed by atoms with Crippen molar-refractivity contribution in [3.05, 3.63) is 64.7 Å². The highest BCUT2D eigenvalue weighted by Gasteiger charge is 2.13. The van der Waals surface area contributed by atoms with Gasteiger partial charge in [-0.3, -0.25) is 9.59 Å². The Bertz CT molecular complexity index is 840. The second-order valence-corrected chi connectivity index (χ2v) is 6.69. The highest BCUT2D eigenvalue weighted by atomic mass is 19.2. The van der Waals surface area contributed by atoms with Crippen molar-refractivity contribution in [2.24, 2.45) is 0 Å². The second-order valence-electron chi connectivity index (χ2n) is 6.69. The van der Waals surface area contributed by atoms with Crippen molar-refractivity contribution in [2.75, 3.05) is 25.5 Å². The van der Waals surface area contributed by atoms with Crippen LogP contribution in [0.1, 0.15) is 16.7 Å². The number of benzene rings is 2. The van der Waals surface area contributed by atoms with Gasteiger partial charge in [-0.1, -0.05) is 23.8 Å². The molecule has 2 aromatic carbocycles. The second kappa shape index (κ2) is 9.23. The zero-order chi connectivity index (χ0) is 20.0. The molecule has 27 heavy (non-hydrogen) atoms. The Labute approximate surface area is 157 Å². The fraction of sp³-hybridized carbons (Fsp3) is 0.300. The van der Waals surface area contributed by atoms with Crippen LogP contribution in [-0.4, -0.2) is 32.0 Å². The topological polar surface area (TPSA) is 62.6 Å². The molecule has 0 bridgehead atoms. The van der Waals surface area contributed by atoms with E-state index in [1.54, 1.807) is 0 Å². The van der Waals surface area contributed by atoms with Gasteiger partial charge in [-0.2, -0.15) is 0 Å². The van der Waals surface area contributed by atoms with Crippen LogP contribution in [0.4, 0.5) is 14.5 Å². The minimum atomic E-state index is -1.05. The minimum absolute atomic E-state index is 0.130. The highest BCUT2D eigenvalue weighted by Crippen LogP contribution is 2.12. The molecule has 7 heteroatoms. The predicted octanol–water partition coefficient (Wildman–Crippen LogP) is 1.35. The van der Waals surface area contributed by atoms with Gasteiger partial charge < -0.3 is 15.5 Å². The number of nitrogens with one attached hydrogen (secondary N) is 3. The smallest absolute Gasteiger partial charge is 0.275 e. The van der Waals surface area contributed by atoms with Crippen LogP contribution in [0, 0.1) is 25.5 Å². The predicted molar refractivity (Wildman–Crippen MR) is 99.4 cm³/mol. The maximum Gasteiger partial charge on any atom is 0.275 e. The number of anilines is 1. The number of hydrogen-bond donors (Lipinski definition) is 3. The van der Waals surface area contributed by atoms with Crippen LogP contribution in [0.5, 0.6) is 0 Å². The van der Waals surface area contributed by atoms with Gasteiger partial charge in [0.05, 0.1) is 13.6 Å². The van der Waals surface area contributed by atoms with E-state index in [1.165, 1.54) is 22.8 Å². The number of quaternary nitrogens is 1. The zero-order valence-corrected chi connectivity index (χ0v) is 15.7. The Balaban J connectivity index is 1.77. The summed E-state index contributed by atoms with van der Waals surface area (Å²) in [5, 5.41) is 4.93. The van der Waals surface area contributed by atoms with E-state index in [1.807, 2.05) is 27.0 Å². The van der Waals surface area contributed by atoms with Crippen molar-refractivity contribution < 1.29 is 23.3 Å². The van der Waals surface area contributed by atoms with E-state index in [-0.39, 0.29) is 24.7 Å². The van der Waals surface area contributed by atoms with Crippen molar-refractivity contribution in [3.63, 3.8) is 0 Å².